The van der Waals surface area contributed by atoms with Gasteiger partial charge in [0.15, 0.2) is 17.3 Å². The standard InChI is InChI=1S/C11H10N6/c12-8-9(13)14-6-17-11(8)15-10(16-17)7-4-2-1-3-5-7/h1-6H,12-13H2. The molecule has 0 unspecified atom stereocenters. The molecule has 0 atom stereocenters. The van der Waals surface area contributed by atoms with Gasteiger partial charge in [-0.1, -0.05) is 30.3 Å². The first-order valence-electron chi connectivity index (χ1n) is 5.07. The molecule has 0 bridgehead atoms. The van der Waals surface area contributed by atoms with Gasteiger partial charge in [0.05, 0.1) is 0 Å². The molecule has 0 saturated carbocycles. The molecule has 0 aliphatic rings. The van der Waals surface area contributed by atoms with Crippen LogP contribution in [0.2, 0.25) is 0 Å². The molecular weight excluding hydrogens is 216 g/mol. The molecular formula is C11H10N6. The Bertz CT molecular complexity index is 673. The van der Waals surface area contributed by atoms with E-state index in [2.05, 4.69) is 15.1 Å². The van der Waals surface area contributed by atoms with E-state index in [1.54, 1.807) is 0 Å². The summed E-state index contributed by atoms with van der Waals surface area (Å²) in [5.74, 6) is 0.870. The van der Waals surface area contributed by atoms with E-state index in [9.17, 15) is 0 Å². The molecule has 2 heterocycles. The van der Waals surface area contributed by atoms with Crippen molar-refractivity contribution in [1.82, 2.24) is 19.6 Å². The van der Waals surface area contributed by atoms with Gasteiger partial charge >= 0.3 is 0 Å². The predicted octanol–water partition coefficient (Wildman–Crippen LogP) is 0.956. The molecule has 6 nitrogen and oxygen atoms in total. The number of nitrogens with two attached hydrogens (primary N) is 2. The molecule has 0 aliphatic carbocycles. The highest BCUT2D eigenvalue weighted by molar-refractivity contribution is 5.76. The molecule has 0 fully saturated rings. The van der Waals surface area contributed by atoms with Gasteiger partial charge in [0.25, 0.3) is 0 Å². The smallest absolute Gasteiger partial charge is 0.184 e. The Kier molecular flexibility index (Phi) is 1.94. The van der Waals surface area contributed by atoms with Crippen molar-refractivity contribution < 1.29 is 0 Å². The van der Waals surface area contributed by atoms with Crippen LogP contribution in [0.1, 0.15) is 0 Å². The maximum Gasteiger partial charge on any atom is 0.184 e. The van der Waals surface area contributed by atoms with E-state index in [1.165, 1.54) is 10.8 Å². The van der Waals surface area contributed by atoms with E-state index in [-0.39, 0.29) is 5.82 Å². The first-order valence-corrected chi connectivity index (χ1v) is 5.07. The van der Waals surface area contributed by atoms with E-state index in [1.807, 2.05) is 30.3 Å². The molecule has 0 amide bonds. The molecule has 0 radical (unpaired) electrons. The lowest BCUT2D eigenvalue weighted by Crippen LogP contribution is -2.02. The molecule has 2 aromatic heterocycles. The lowest BCUT2D eigenvalue weighted by Gasteiger charge is -1.97. The Hall–Kier alpha value is -2.63. The van der Waals surface area contributed by atoms with Gasteiger partial charge in [0, 0.05) is 5.56 Å². The number of hydrogen-bond acceptors (Lipinski definition) is 5. The van der Waals surface area contributed by atoms with Gasteiger partial charge in [-0.25, -0.2) is 9.97 Å². The van der Waals surface area contributed by atoms with Gasteiger partial charge in [0.2, 0.25) is 0 Å². The summed E-state index contributed by atoms with van der Waals surface area (Å²) in [6.07, 6.45) is 1.50. The highest BCUT2D eigenvalue weighted by Crippen LogP contribution is 2.20. The van der Waals surface area contributed by atoms with Crippen molar-refractivity contribution in [2.75, 3.05) is 11.5 Å². The maximum absolute atomic E-state index is 5.80. The molecule has 17 heavy (non-hydrogen) atoms. The Labute approximate surface area is 96.9 Å². The largest absolute Gasteiger partial charge is 0.393 e. The van der Waals surface area contributed by atoms with Gasteiger partial charge in [-0.05, 0) is 0 Å². The van der Waals surface area contributed by atoms with Crippen molar-refractivity contribution in [2.45, 2.75) is 0 Å². The fraction of sp³-hybridized carbons (Fsp3) is 0. The molecule has 3 rings (SSSR count). The van der Waals surface area contributed by atoms with Crippen LogP contribution >= 0.6 is 0 Å². The third kappa shape index (κ3) is 1.46. The van der Waals surface area contributed by atoms with Crippen LogP contribution in [0.15, 0.2) is 36.7 Å². The molecule has 3 aromatic rings. The van der Waals surface area contributed by atoms with Crippen molar-refractivity contribution in [1.29, 1.82) is 0 Å². The number of aromatic nitrogens is 4. The molecule has 0 spiro atoms. The summed E-state index contributed by atoms with van der Waals surface area (Å²) in [6.45, 7) is 0. The van der Waals surface area contributed by atoms with Gasteiger partial charge in [-0.3, -0.25) is 0 Å². The van der Waals surface area contributed by atoms with Crippen LogP contribution in [0, 0.1) is 0 Å². The summed E-state index contributed by atoms with van der Waals surface area (Å²) in [5, 5.41) is 4.29. The van der Waals surface area contributed by atoms with E-state index < -0.39 is 0 Å². The van der Waals surface area contributed by atoms with E-state index in [4.69, 9.17) is 11.5 Å². The van der Waals surface area contributed by atoms with Crippen molar-refractivity contribution >= 4 is 17.2 Å². The first-order chi connectivity index (χ1) is 8.25. The van der Waals surface area contributed by atoms with Crippen LogP contribution in [-0.4, -0.2) is 19.6 Å². The summed E-state index contributed by atoms with van der Waals surface area (Å²) in [7, 11) is 0. The van der Waals surface area contributed by atoms with Crippen molar-refractivity contribution in [3.63, 3.8) is 0 Å². The predicted molar refractivity (Wildman–Crippen MR) is 65.0 cm³/mol. The highest BCUT2D eigenvalue weighted by atomic mass is 15.3. The Morgan fingerprint density at radius 1 is 1.06 bits per heavy atom. The SMILES string of the molecule is Nc1ncn2nc(-c3ccccc3)nc2c1N. The zero-order valence-corrected chi connectivity index (χ0v) is 8.91. The minimum absolute atomic E-state index is 0.268. The zero-order chi connectivity index (χ0) is 11.8. The molecule has 84 valence electrons. The van der Waals surface area contributed by atoms with Crippen molar-refractivity contribution in [3.8, 4) is 11.4 Å². The fourth-order valence-corrected chi connectivity index (χ4v) is 1.60. The van der Waals surface area contributed by atoms with E-state index >= 15 is 0 Å². The molecule has 6 heteroatoms. The lowest BCUT2D eigenvalue weighted by atomic mass is 10.2. The number of fused-ring (bicyclic) bond motifs is 1. The molecule has 4 N–H and O–H groups in total. The van der Waals surface area contributed by atoms with Crippen molar-refractivity contribution in [2.24, 2.45) is 0 Å². The summed E-state index contributed by atoms with van der Waals surface area (Å²) in [6, 6.07) is 9.66. The van der Waals surface area contributed by atoms with Gasteiger partial charge in [-0.2, -0.15) is 4.52 Å². The van der Waals surface area contributed by atoms with Gasteiger partial charge in [0.1, 0.15) is 12.0 Å². The quantitative estimate of drug-likeness (QED) is 0.644. The number of benzene rings is 1. The Morgan fingerprint density at radius 3 is 2.59 bits per heavy atom. The van der Waals surface area contributed by atoms with Crippen LogP contribution in [0.3, 0.4) is 0 Å². The third-order valence-electron chi connectivity index (χ3n) is 2.49. The summed E-state index contributed by atoms with van der Waals surface area (Å²) >= 11 is 0. The number of rotatable bonds is 1. The fourth-order valence-electron chi connectivity index (χ4n) is 1.60. The average molecular weight is 226 g/mol. The topological polar surface area (TPSA) is 95.1 Å². The zero-order valence-electron chi connectivity index (χ0n) is 8.91. The maximum atomic E-state index is 5.80. The minimum Gasteiger partial charge on any atom is -0.393 e. The first kappa shape index (κ1) is 9.59. The number of anilines is 2. The summed E-state index contributed by atoms with van der Waals surface area (Å²) < 4.78 is 1.52. The lowest BCUT2D eigenvalue weighted by molar-refractivity contribution is 0.930. The number of nitrogens with zero attached hydrogens (tertiary/aromatic N) is 4. The summed E-state index contributed by atoms with van der Waals surface area (Å²) in [5.41, 5.74) is 13.2. The summed E-state index contributed by atoms with van der Waals surface area (Å²) in [4.78, 5) is 8.28. The van der Waals surface area contributed by atoms with E-state index in [0.29, 0.717) is 17.2 Å². The molecule has 0 aliphatic heterocycles. The number of hydrogen-bond donors (Lipinski definition) is 2. The average Bonchev–Trinajstić information content (AvgIpc) is 2.80. The molecule has 0 saturated heterocycles. The van der Waals surface area contributed by atoms with E-state index in [0.717, 1.165) is 5.56 Å². The second-order valence-corrected chi connectivity index (χ2v) is 3.61. The Balaban J connectivity index is 2.24. The van der Waals surface area contributed by atoms with Crippen LogP contribution in [-0.2, 0) is 0 Å². The second-order valence-electron chi connectivity index (χ2n) is 3.61. The monoisotopic (exact) mass is 226 g/mol. The second kappa shape index (κ2) is 3.44. The van der Waals surface area contributed by atoms with Crippen LogP contribution < -0.4 is 11.5 Å². The van der Waals surface area contributed by atoms with Crippen LogP contribution in [0.25, 0.3) is 17.0 Å². The van der Waals surface area contributed by atoms with Crippen LogP contribution in [0.4, 0.5) is 11.5 Å². The minimum atomic E-state index is 0.268. The van der Waals surface area contributed by atoms with Gasteiger partial charge in [-0.15, -0.1) is 5.10 Å². The van der Waals surface area contributed by atoms with Crippen LogP contribution in [0.5, 0.6) is 0 Å². The van der Waals surface area contributed by atoms with Gasteiger partial charge < -0.3 is 11.5 Å². The van der Waals surface area contributed by atoms with Crippen molar-refractivity contribution in [3.05, 3.63) is 36.7 Å². The highest BCUT2D eigenvalue weighted by Gasteiger charge is 2.10. The third-order valence-corrected chi connectivity index (χ3v) is 2.49. The normalized spacial score (nSPS) is 10.8. The Morgan fingerprint density at radius 2 is 1.82 bits per heavy atom. The molecule has 1 aromatic carbocycles. The number of nitrogen functional groups attached to an aromatic ring is 2.